The molecule has 0 amide bonds. The van der Waals surface area contributed by atoms with Gasteiger partial charge in [-0.05, 0) is 20.8 Å². The van der Waals surface area contributed by atoms with Gasteiger partial charge in [-0.15, -0.1) is 0 Å². The third-order valence-corrected chi connectivity index (χ3v) is 3.17. The fourth-order valence-corrected chi connectivity index (χ4v) is 2.16. The maximum Gasteiger partial charge on any atom is 0.216 e. The third kappa shape index (κ3) is 1.78. The number of carbonyl (C=O) groups excluding carboxylic acids is 1. The Labute approximate surface area is 104 Å². The molecule has 0 aromatic carbocycles. The molecule has 90 valence electrons. The molecule has 0 fully saturated rings. The highest BCUT2D eigenvalue weighted by Gasteiger charge is 2.24. The Morgan fingerprint density at radius 2 is 2.00 bits per heavy atom. The quantitative estimate of drug-likeness (QED) is 0.772. The van der Waals surface area contributed by atoms with Crippen molar-refractivity contribution < 1.29 is 9.21 Å². The molecule has 0 aliphatic rings. The predicted octanol–water partition coefficient (Wildman–Crippen LogP) is 2.82. The molecule has 0 spiro atoms. The summed E-state index contributed by atoms with van der Waals surface area (Å²) in [6.45, 7) is 5.48. The van der Waals surface area contributed by atoms with Gasteiger partial charge < -0.3 is 4.42 Å². The van der Waals surface area contributed by atoms with Crippen molar-refractivity contribution in [2.24, 2.45) is 7.05 Å². The summed E-state index contributed by atoms with van der Waals surface area (Å²) in [5.74, 6) is 1.22. The lowest BCUT2D eigenvalue weighted by molar-refractivity contribution is 0.102. The van der Waals surface area contributed by atoms with E-state index in [1.54, 1.807) is 14.0 Å². The van der Waals surface area contributed by atoms with E-state index in [4.69, 9.17) is 16.0 Å². The first-order valence-electron chi connectivity index (χ1n) is 5.22. The highest BCUT2D eigenvalue weighted by atomic mass is 35.5. The van der Waals surface area contributed by atoms with Crippen LogP contribution in [0.2, 0.25) is 5.02 Å². The van der Waals surface area contributed by atoms with Crippen LogP contribution < -0.4 is 0 Å². The second-order valence-corrected chi connectivity index (χ2v) is 4.42. The SMILES string of the molecule is Cc1oc(C)c(C(=O)c2c(Cl)cnn2C)c1C. The van der Waals surface area contributed by atoms with E-state index in [1.165, 1.54) is 10.9 Å². The first-order valence-corrected chi connectivity index (χ1v) is 5.60. The number of ketones is 1. The van der Waals surface area contributed by atoms with E-state index in [9.17, 15) is 4.79 Å². The smallest absolute Gasteiger partial charge is 0.216 e. The highest BCUT2D eigenvalue weighted by Crippen LogP contribution is 2.26. The summed E-state index contributed by atoms with van der Waals surface area (Å²) < 4.78 is 6.93. The molecule has 2 rings (SSSR count). The molecule has 0 N–H and O–H groups in total. The monoisotopic (exact) mass is 252 g/mol. The van der Waals surface area contributed by atoms with E-state index >= 15 is 0 Å². The summed E-state index contributed by atoms with van der Waals surface area (Å²) in [4.78, 5) is 12.4. The van der Waals surface area contributed by atoms with Crippen LogP contribution in [0.25, 0.3) is 0 Å². The molecule has 0 aliphatic heterocycles. The van der Waals surface area contributed by atoms with Crippen LogP contribution in [0, 0.1) is 20.8 Å². The number of carbonyl (C=O) groups is 1. The number of rotatable bonds is 2. The summed E-state index contributed by atoms with van der Waals surface area (Å²) >= 11 is 5.97. The summed E-state index contributed by atoms with van der Waals surface area (Å²) in [5, 5.41) is 4.32. The normalized spacial score (nSPS) is 10.9. The molecule has 0 atom stereocenters. The maximum atomic E-state index is 12.4. The Morgan fingerprint density at radius 1 is 1.35 bits per heavy atom. The van der Waals surface area contributed by atoms with Crippen molar-refractivity contribution in [3.63, 3.8) is 0 Å². The molecule has 5 heteroatoms. The van der Waals surface area contributed by atoms with Crippen LogP contribution in [-0.4, -0.2) is 15.6 Å². The molecule has 0 radical (unpaired) electrons. The standard InChI is InChI=1S/C12H13ClN2O2/c1-6-7(2)17-8(3)10(6)12(16)11-9(13)5-14-15(11)4/h5H,1-4H3. The van der Waals surface area contributed by atoms with Crippen LogP contribution in [0.15, 0.2) is 10.6 Å². The first-order chi connectivity index (χ1) is 7.93. The Balaban J connectivity index is 2.59. The largest absolute Gasteiger partial charge is 0.466 e. The summed E-state index contributed by atoms with van der Waals surface area (Å²) in [6, 6.07) is 0. The average molecular weight is 253 g/mol. The fraction of sp³-hybridized carbons (Fsp3) is 0.333. The maximum absolute atomic E-state index is 12.4. The molecular weight excluding hydrogens is 240 g/mol. The van der Waals surface area contributed by atoms with E-state index in [2.05, 4.69) is 5.10 Å². The molecule has 4 nitrogen and oxygen atoms in total. The van der Waals surface area contributed by atoms with E-state index < -0.39 is 0 Å². The molecule has 2 aromatic heterocycles. The minimum Gasteiger partial charge on any atom is -0.466 e. The molecule has 0 unspecified atom stereocenters. The van der Waals surface area contributed by atoms with Crippen molar-refractivity contribution in [1.29, 1.82) is 0 Å². The van der Waals surface area contributed by atoms with Gasteiger partial charge in [-0.1, -0.05) is 11.6 Å². The third-order valence-electron chi connectivity index (χ3n) is 2.90. The molecule has 17 heavy (non-hydrogen) atoms. The summed E-state index contributed by atoms with van der Waals surface area (Å²) in [6.07, 6.45) is 1.46. The van der Waals surface area contributed by atoms with Gasteiger partial charge in [0.05, 0.1) is 16.8 Å². The van der Waals surface area contributed by atoms with Gasteiger partial charge in [-0.3, -0.25) is 9.48 Å². The van der Waals surface area contributed by atoms with Crippen LogP contribution in [0.3, 0.4) is 0 Å². The van der Waals surface area contributed by atoms with Gasteiger partial charge in [-0.2, -0.15) is 5.10 Å². The van der Waals surface area contributed by atoms with E-state index in [0.717, 1.165) is 11.3 Å². The van der Waals surface area contributed by atoms with Crippen molar-refractivity contribution >= 4 is 17.4 Å². The molecular formula is C12H13ClN2O2. The number of hydrogen-bond donors (Lipinski definition) is 0. The van der Waals surface area contributed by atoms with Crippen LogP contribution in [-0.2, 0) is 7.05 Å². The van der Waals surface area contributed by atoms with Gasteiger partial charge >= 0.3 is 0 Å². The lowest BCUT2D eigenvalue weighted by Crippen LogP contribution is -2.10. The van der Waals surface area contributed by atoms with Crippen LogP contribution in [0.4, 0.5) is 0 Å². The van der Waals surface area contributed by atoms with Gasteiger partial charge in [0.1, 0.15) is 17.2 Å². The van der Waals surface area contributed by atoms with Crippen LogP contribution in [0.1, 0.15) is 33.1 Å². The number of hydrogen-bond acceptors (Lipinski definition) is 3. The minimum atomic E-state index is -0.151. The second kappa shape index (κ2) is 4.04. The van der Waals surface area contributed by atoms with E-state index in [1.807, 2.05) is 13.8 Å². The lowest BCUT2D eigenvalue weighted by atomic mass is 10.0. The number of aromatic nitrogens is 2. The van der Waals surface area contributed by atoms with E-state index in [0.29, 0.717) is 22.0 Å². The number of furan rings is 1. The first kappa shape index (κ1) is 11.9. The number of halogens is 1. The zero-order valence-electron chi connectivity index (χ0n) is 10.2. The Bertz CT molecular complexity index is 576. The molecule has 0 saturated carbocycles. The highest BCUT2D eigenvalue weighted by molar-refractivity contribution is 6.34. The Hall–Kier alpha value is -1.55. The van der Waals surface area contributed by atoms with Gasteiger partial charge in [0.25, 0.3) is 0 Å². The average Bonchev–Trinajstić information content (AvgIpc) is 2.69. The van der Waals surface area contributed by atoms with Crippen molar-refractivity contribution in [3.05, 3.63) is 39.6 Å². The fourth-order valence-electron chi connectivity index (χ4n) is 1.91. The topological polar surface area (TPSA) is 48.0 Å². The zero-order valence-corrected chi connectivity index (χ0v) is 10.9. The Morgan fingerprint density at radius 3 is 2.41 bits per heavy atom. The molecule has 2 aromatic rings. The second-order valence-electron chi connectivity index (χ2n) is 4.01. The lowest BCUT2D eigenvalue weighted by Gasteiger charge is -2.02. The predicted molar refractivity (Wildman–Crippen MR) is 64.6 cm³/mol. The Kier molecular flexibility index (Phi) is 2.83. The van der Waals surface area contributed by atoms with Gasteiger partial charge in [-0.25, -0.2) is 0 Å². The van der Waals surface area contributed by atoms with Gasteiger partial charge in [0.15, 0.2) is 0 Å². The van der Waals surface area contributed by atoms with Crippen molar-refractivity contribution in [2.45, 2.75) is 20.8 Å². The van der Waals surface area contributed by atoms with Gasteiger partial charge in [0.2, 0.25) is 5.78 Å². The minimum absolute atomic E-state index is 0.151. The van der Waals surface area contributed by atoms with Crippen molar-refractivity contribution in [1.82, 2.24) is 9.78 Å². The van der Waals surface area contributed by atoms with Crippen LogP contribution in [0.5, 0.6) is 0 Å². The van der Waals surface area contributed by atoms with Crippen molar-refractivity contribution in [3.8, 4) is 0 Å². The molecule has 0 saturated heterocycles. The molecule has 2 heterocycles. The summed E-state index contributed by atoms with van der Waals surface area (Å²) in [7, 11) is 1.69. The zero-order chi connectivity index (χ0) is 12.7. The summed E-state index contributed by atoms with van der Waals surface area (Å²) in [5.41, 5.74) is 1.82. The number of aryl methyl sites for hydroxylation is 3. The van der Waals surface area contributed by atoms with Crippen molar-refractivity contribution in [2.75, 3.05) is 0 Å². The molecule has 0 bridgehead atoms. The number of nitrogens with zero attached hydrogens (tertiary/aromatic N) is 2. The van der Waals surface area contributed by atoms with E-state index in [-0.39, 0.29) is 5.78 Å². The molecule has 0 aliphatic carbocycles. The van der Waals surface area contributed by atoms with Gasteiger partial charge in [0, 0.05) is 12.6 Å². The van der Waals surface area contributed by atoms with Crippen LogP contribution >= 0.6 is 11.6 Å².